The van der Waals surface area contributed by atoms with Crippen LogP contribution in [0.2, 0.25) is 0 Å². The Balaban J connectivity index is 2.38. The Morgan fingerprint density at radius 2 is 2.07 bits per heavy atom. The standard InChI is InChI=1S/C10H17N3O/c1-3-4-11-5-9-6-12-10(8-14-2)13-7-9/h6-7,11H,3-5,8H2,1-2H3. The molecule has 1 rings (SSSR count). The van der Waals surface area contributed by atoms with E-state index in [1.807, 2.05) is 12.4 Å². The summed E-state index contributed by atoms with van der Waals surface area (Å²) >= 11 is 0. The van der Waals surface area contributed by atoms with Crippen molar-refractivity contribution in [2.75, 3.05) is 13.7 Å². The number of nitrogens with zero attached hydrogens (tertiary/aromatic N) is 2. The molecule has 0 amide bonds. The molecule has 0 spiro atoms. The van der Waals surface area contributed by atoms with Gasteiger partial charge in [0.15, 0.2) is 5.82 Å². The molecule has 0 aliphatic heterocycles. The maximum absolute atomic E-state index is 4.93. The van der Waals surface area contributed by atoms with Gasteiger partial charge in [0.05, 0.1) is 0 Å². The molecule has 0 aliphatic carbocycles. The van der Waals surface area contributed by atoms with Gasteiger partial charge >= 0.3 is 0 Å². The molecule has 78 valence electrons. The van der Waals surface area contributed by atoms with E-state index < -0.39 is 0 Å². The van der Waals surface area contributed by atoms with E-state index in [2.05, 4.69) is 22.2 Å². The minimum atomic E-state index is 0.475. The summed E-state index contributed by atoms with van der Waals surface area (Å²) in [5.74, 6) is 0.728. The zero-order valence-electron chi connectivity index (χ0n) is 8.79. The highest BCUT2D eigenvalue weighted by Crippen LogP contribution is 1.96. The molecular weight excluding hydrogens is 178 g/mol. The summed E-state index contributed by atoms with van der Waals surface area (Å²) in [5.41, 5.74) is 1.11. The normalized spacial score (nSPS) is 10.4. The van der Waals surface area contributed by atoms with Crippen LogP contribution in [0.3, 0.4) is 0 Å². The lowest BCUT2D eigenvalue weighted by molar-refractivity contribution is 0.177. The van der Waals surface area contributed by atoms with Gasteiger partial charge in [-0.2, -0.15) is 0 Å². The van der Waals surface area contributed by atoms with E-state index in [0.717, 1.165) is 30.9 Å². The molecule has 0 atom stereocenters. The van der Waals surface area contributed by atoms with Gasteiger partial charge in [-0.15, -0.1) is 0 Å². The van der Waals surface area contributed by atoms with Crippen LogP contribution in [-0.2, 0) is 17.9 Å². The SMILES string of the molecule is CCCNCc1cnc(COC)nc1. The molecule has 1 heterocycles. The maximum atomic E-state index is 4.93. The van der Waals surface area contributed by atoms with Gasteiger partial charge in [0.25, 0.3) is 0 Å². The molecule has 0 unspecified atom stereocenters. The quantitative estimate of drug-likeness (QED) is 0.691. The molecular formula is C10H17N3O. The first-order valence-electron chi connectivity index (χ1n) is 4.86. The van der Waals surface area contributed by atoms with Crippen molar-refractivity contribution in [2.24, 2.45) is 0 Å². The zero-order chi connectivity index (χ0) is 10.2. The summed E-state index contributed by atoms with van der Waals surface area (Å²) in [6.45, 7) is 4.48. The lowest BCUT2D eigenvalue weighted by Gasteiger charge is -2.03. The second-order valence-electron chi connectivity index (χ2n) is 3.12. The second kappa shape index (κ2) is 6.45. The lowest BCUT2D eigenvalue weighted by atomic mass is 10.3. The average molecular weight is 195 g/mol. The van der Waals surface area contributed by atoms with E-state index >= 15 is 0 Å². The number of nitrogens with one attached hydrogen (secondary N) is 1. The lowest BCUT2D eigenvalue weighted by Crippen LogP contribution is -2.14. The predicted molar refractivity (Wildman–Crippen MR) is 54.7 cm³/mol. The molecule has 0 fully saturated rings. The van der Waals surface area contributed by atoms with Crippen LogP contribution in [-0.4, -0.2) is 23.6 Å². The van der Waals surface area contributed by atoms with Gasteiger partial charge in [-0.05, 0) is 13.0 Å². The molecule has 0 aliphatic rings. The van der Waals surface area contributed by atoms with Gasteiger partial charge in [-0.3, -0.25) is 0 Å². The first kappa shape index (κ1) is 11.1. The Bertz CT molecular complexity index is 248. The van der Waals surface area contributed by atoms with Crippen LogP contribution < -0.4 is 5.32 Å². The summed E-state index contributed by atoms with van der Waals surface area (Å²) in [5, 5.41) is 3.29. The highest BCUT2D eigenvalue weighted by atomic mass is 16.5. The van der Waals surface area contributed by atoms with Crippen LogP contribution in [0.4, 0.5) is 0 Å². The van der Waals surface area contributed by atoms with Crippen molar-refractivity contribution in [1.29, 1.82) is 0 Å². The summed E-state index contributed by atoms with van der Waals surface area (Å²) in [6, 6.07) is 0. The monoisotopic (exact) mass is 195 g/mol. The van der Waals surface area contributed by atoms with Gasteiger partial charge in [0, 0.05) is 31.6 Å². The van der Waals surface area contributed by atoms with Gasteiger partial charge in [-0.25, -0.2) is 9.97 Å². The topological polar surface area (TPSA) is 47.0 Å². The number of hydrogen-bond acceptors (Lipinski definition) is 4. The van der Waals surface area contributed by atoms with Crippen LogP contribution in [0, 0.1) is 0 Å². The molecule has 1 aromatic rings. The fourth-order valence-electron chi connectivity index (χ4n) is 1.09. The molecule has 0 bridgehead atoms. The van der Waals surface area contributed by atoms with Crippen LogP contribution in [0.25, 0.3) is 0 Å². The maximum Gasteiger partial charge on any atom is 0.153 e. The number of hydrogen-bond donors (Lipinski definition) is 1. The number of methoxy groups -OCH3 is 1. The average Bonchev–Trinajstić information content (AvgIpc) is 2.21. The van der Waals surface area contributed by atoms with Crippen LogP contribution in [0.1, 0.15) is 24.7 Å². The van der Waals surface area contributed by atoms with Crippen molar-refractivity contribution < 1.29 is 4.74 Å². The van der Waals surface area contributed by atoms with Crippen molar-refractivity contribution in [1.82, 2.24) is 15.3 Å². The van der Waals surface area contributed by atoms with Crippen molar-refractivity contribution in [3.05, 3.63) is 23.8 Å². The molecule has 0 radical (unpaired) electrons. The van der Waals surface area contributed by atoms with Gasteiger partial charge < -0.3 is 10.1 Å². The Morgan fingerprint density at radius 3 is 2.64 bits per heavy atom. The minimum absolute atomic E-state index is 0.475. The smallest absolute Gasteiger partial charge is 0.153 e. The van der Waals surface area contributed by atoms with E-state index in [-0.39, 0.29) is 0 Å². The van der Waals surface area contributed by atoms with Crippen LogP contribution in [0.5, 0.6) is 0 Å². The Hall–Kier alpha value is -1.00. The molecule has 4 heteroatoms. The predicted octanol–water partition coefficient (Wildman–Crippen LogP) is 1.12. The zero-order valence-corrected chi connectivity index (χ0v) is 8.79. The molecule has 1 N–H and O–H groups in total. The van der Waals surface area contributed by atoms with Crippen molar-refractivity contribution in [2.45, 2.75) is 26.5 Å². The largest absolute Gasteiger partial charge is 0.377 e. The third-order valence-electron chi connectivity index (χ3n) is 1.79. The third kappa shape index (κ3) is 3.81. The molecule has 0 aromatic carbocycles. The molecule has 0 saturated heterocycles. The Labute approximate surface area is 84.7 Å². The fourth-order valence-corrected chi connectivity index (χ4v) is 1.09. The summed E-state index contributed by atoms with van der Waals surface area (Å²) in [4.78, 5) is 8.34. The van der Waals surface area contributed by atoms with Crippen LogP contribution in [0.15, 0.2) is 12.4 Å². The Morgan fingerprint density at radius 1 is 1.36 bits per heavy atom. The fraction of sp³-hybridized carbons (Fsp3) is 0.600. The van der Waals surface area contributed by atoms with Crippen molar-refractivity contribution in [3.63, 3.8) is 0 Å². The number of aromatic nitrogens is 2. The summed E-state index contributed by atoms with van der Waals surface area (Å²) in [7, 11) is 1.64. The first-order valence-corrected chi connectivity index (χ1v) is 4.86. The second-order valence-corrected chi connectivity index (χ2v) is 3.12. The van der Waals surface area contributed by atoms with E-state index in [4.69, 9.17) is 4.74 Å². The summed E-state index contributed by atoms with van der Waals surface area (Å²) < 4.78 is 4.93. The molecule has 1 aromatic heterocycles. The molecule has 0 saturated carbocycles. The van der Waals surface area contributed by atoms with E-state index in [0.29, 0.717) is 6.61 Å². The highest BCUT2D eigenvalue weighted by Gasteiger charge is 1.96. The van der Waals surface area contributed by atoms with Crippen LogP contribution >= 0.6 is 0 Å². The highest BCUT2D eigenvalue weighted by molar-refractivity contribution is 5.04. The molecule has 14 heavy (non-hydrogen) atoms. The first-order chi connectivity index (χ1) is 6.86. The summed E-state index contributed by atoms with van der Waals surface area (Å²) in [6.07, 6.45) is 4.82. The molecule has 4 nitrogen and oxygen atoms in total. The third-order valence-corrected chi connectivity index (χ3v) is 1.79. The number of rotatable bonds is 6. The minimum Gasteiger partial charge on any atom is -0.377 e. The van der Waals surface area contributed by atoms with E-state index in [1.54, 1.807) is 7.11 Å². The Kier molecular flexibility index (Phi) is 5.11. The van der Waals surface area contributed by atoms with E-state index in [1.165, 1.54) is 0 Å². The van der Waals surface area contributed by atoms with Gasteiger partial charge in [0.2, 0.25) is 0 Å². The van der Waals surface area contributed by atoms with Gasteiger partial charge in [0.1, 0.15) is 6.61 Å². The van der Waals surface area contributed by atoms with Gasteiger partial charge in [-0.1, -0.05) is 6.92 Å². The van der Waals surface area contributed by atoms with E-state index in [9.17, 15) is 0 Å². The van der Waals surface area contributed by atoms with Crippen molar-refractivity contribution >= 4 is 0 Å². The van der Waals surface area contributed by atoms with Crippen molar-refractivity contribution in [3.8, 4) is 0 Å². The number of ether oxygens (including phenoxy) is 1.